The number of halogens is 1. The van der Waals surface area contributed by atoms with Gasteiger partial charge in [0.15, 0.2) is 5.96 Å². The molecule has 3 N–H and O–H groups in total. The number of hydrogen-bond acceptors (Lipinski definition) is 4. The molecule has 4 nitrogen and oxygen atoms in total. The average molecular weight is 254 g/mol. The Balaban J connectivity index is 1.85. The molecule has 0 bridgehead atoms. The second kappa shape index (κ2) is 5.38. The molecule has 2 unspecified atom stereocenters. The Morgan fingerprint density at radius 3 is 2.82 bits per heavy atom. The summed E-state index contributed by atoms with van der Waals surface area (Å²) < 4.78 is 0. The van der Waals surface area contributed by atoms with Crippen molar-refractivity contribution in [3.63, 3.8) is 0 Å². The molecule has 17 heavy (non-hydrogen) atoms. The molecule has 2 rings (SSSR count). The van der Waals surface area contributed by atoms with Crippen molar-refractivity contribution >= 4 is 17.6 Å². The Hall–Kier alpha value is -1.26. The highest BCUT2D eigenvalue weighted by Gasteiger charge is 2.13. The lowest BCUT2D eigenvalue weighted by molar-refractivity contribution is 0.181. The van der Waals surface area contributed by atoms with Crippen molar-refractivity contribution < 1.29 is 5.11 Å². The predicted molar refractivity (Wildman–Crippen MR) is 69.3 cm³/mol. The van der Waals surface area contributed by atoms with Gasteiger partial charge in [-0.3, -0.25) is 4.99 Å². The number of benzene rings is 1. The molecule has 0 amide bonds. The van der Waals surface area contributed by atoms with Gasteiger partial charge in [-0.1, -0.05) is 23.7 Å². The lowest BCUT2D eigenvalue weighted by Crippen LogP contribution is -2.39. The van der Waals surface area contributed by atoms with Gasteiger partial charge in [-0.05, 0) is 24.6 Å². The van der Waals surface area contributed by atoms with Crippen LogP contribution in [0.5, 0.6) is 0 Å². The molecule has 1 aromatic rings. The molecular formula is C12H16ClN3O. The van der Waals surface area contributed by atoms with E-state index in [1.807, 2.05) is 12.1 Å². The van der Waals surface area contributed by atoms with Gasteiger partial charge in [-0.2, -0.15) is 0 Å². The van der Waals surface area contributed by atoms with Crippen molar-refractivity contribution in [1.82, 2.24) is 10.6 Å². The third-order valence-corrected chi connectivity index (χ3v) is 2.88. The standard InChI is InChI=1S/C12H16ClN3O/c1-8-6-14-12(16-8)15-7-11(17)9-2-4-10(13)5-3-9/h2-5,8,11,17H,6-7H2,1H3,(H2,14,15,16). The van der Waals surface area contributed by atoms with Crippen LogP contribution in [0.3, 0.4) is 0 Å². The van der Waals surface area contributed by atoms with Crippen molar-refractivity contribution in [3.05, 3.63) is 34.9 Å². The number of aliphatic imine (C=N–C) groups is 1. The zero-order valence-corrected chi connectivity index (χ0v) is 10.4. The molecule has 0 radical (unpaired) electrons. The van der Waals surface area contributed by atoms with E-state index < -0.39 is 6.10 Å². The first-order chi connectivity index (χ1) is 8.15. The molecule has 1 aliphatic heterocycles. The normalized spacial score (nSPS) is 20.6. The maximum absolute atomic E-state index is 9.95. The maximum atomic E-state index is 9.95. The van der Waals surface area contributed by atoms with Crippen molar-refractivity contribution in [2.45, 2.75) is 19.1 Å². The van der Waals surface area contributed by atoms with Gasteiger partial charge in [0.1, 0.15) is 0 Å². The van der Waals surface area contributed by atoms with E-state index in [4.69, 9.17) is 11.6 Å². The minimum atomic E-state index is -0.562. The van der Waals surface area contributed by atoms with Crippen LogP contribution >= 0.6 is 11.6 Å². The molecule has 1 heterocycles. The Kier molecular flexibility index (Phi) is 3.86. The number of rotatable bonds is 3. The maximum Gasteiger partial charge on any atom is 0.191 e. The van der Waals surface area contributed by atoms with Gasteiger partial charge < -0.3 is 15.7 Å². The minimum absolute atomic E-state index is 0.366. The molecule has 5 heteroatoms. The summed E-state index contributed by atoms with van der Waals surface area (Å²) in [4.78, 5) is 4.26. The second-order valence-electron chi connectivity index (χ2n) is 4.18. The van der Waals surface area contributed by atoms with Crippen LogP contribution in [0.15, 0.2) is 29.3 Å². The fourth-order valence-electron chi connectivity index (χ4n) is 1.66. The first-order valence-electron chi connectivity index (χ1n) is 5.63. The fraction of sp³-hybridized carbons (Fsp3) is 0.417. The molecule has 1 aromatic carbocycles. The number of hydrogen-bond donors (Lipinski definition) is 3. The largest absolute Gasteiger partial charge is 0.387 e. The summed E-state index contributed by atoms with van der Waals surface area (Å²) in [5, 5.41) is 16.9. The fourth-order valence-corrected chi connectivity index (χ4v) is 1.78. The highest BCUT2D eigenvalue weighted by atomic mass is 35.5. The number of nitrogens with one attached hydrogen (secondary N) is 2. The molecule has 0 aliphatic carbocycles. The third-order valence-electron chi connectivity index (χ3n) is 2.62. The first-order valence-corrected chi connectivity index (χ1v) is 6.01. The SMILES string of the molecule is CC1CN=C(NCC(O)c2ccc(Cl)cc2)N1. The topological polar surface area (TPSA) is 56.7 Å². The van der Waals surface area contributed by atoms with Crippen LogP contribution in [0, 0.1) is 0 Å². The predicted octanol–water partition coefficient (Wildman–Crippen LogP) is 1.31. The minimum Gasteiger partial charge on any atom is -0.387 e. The van der Waals surface area contributed by atoms with E-state index in [1.165, 1.54) is 0 Å². The lowest BCUT2D eigenvalue weighted by atomic mass is 10.1. The summed E-state index contributed by atoms with van der Waals surface area (Å²) >= 11 is 5.79. The Morgan fingerprint density at radius 2 is 2.24 bits per heavy atom. The molecule has 92 valence electrons. The van der Waals surface area contributed by atoms with E-state index in [2.05, 4.69) is 22.5 Å². The van der Waals surface area contributed by atoms with Crippen molar-refractivity contribution in [3.8, 4) is 0 Å². The Morgan fingerprint density at radius 1 is 1.53 bits per heavy atom. The lowest BCUT2D eigenvalue weighted by Gasteiger charge is -2.14. The van der Waals surface area contributed by atoms with Crippen LogP contribution in [0.4, 0.5) is 0 Å². The quantitative estimate of drug-likeness (QED) is 0.761. The van der Waals surface area contributed by atoms with E-state index in [1.54, 1.807) is 12.1 Å². The zero-order valence-electron chi connectivity index (χ0n) is 9.65. The van der Waals surface area contributed by atoms with E-state index >= 15 is 0 Å². The van der Waals surface area contributed by atoms with Crippen LogP contribution in [0.25, 0.3) is 0 Å². The van der Waals surface area contributed by atoms with Crippen molar-refractivity contribution in [2.24, 2.45) is 4.99 Å². The highest BCUT2D eigenvalue weighted by molar-refractivity contribution is 6.30. The Bertz CT molecular complexity index is 405. The third kappa shape index (κ3) is 3.35. The van der Waals surface area contributed by atoms with E-state index in [0.717, 1.165) is 18.1 Å². The van der Waals surface area contributed by atoms with Gasteiger partial charge >= 0.3 is 0 Å². The van der Waals surface area contributed by atoms with Gasteiger partial charge in [0.25, 0.3) is 0 Å². The van der Waals surface area contributed by atoms with Gasteiger partial charge in [-0.15, -0.1) is 0 Å². The summed E-state index contributed by atoms with van der Waals surface area (Å²) in [6, 6.07) is 7.55. The van der Waals surface area contributed by atoms with Crippen molar-refractivity contribution in [2.75, 3.05) is 13.1 Å². The summed E-state index contributed by atoms with van der Waals surface area (Å²) in [7, 11) is 0. The molecule has 0 saturated carbocycles. The van der Waals surface area contributed by atoms with Crippen LogP contribution in [0.1, 0.15) is 18.6 Å². The molecule has 0 aromatic heterocycles. The van der Waals surface area contributed by atoms with Gasteiger partial charge in [-0.25, -0.2) is 0 Å². The molecule has 0 saturated heterocycles. The molecule has 1 aliphatic rings. The van der Waals surface area contributed by atoms with E-state index in [-0.39, 0.29) is 0 Å². The highest BCUT2D eigenvalue weighted by Crippen LogP contribution is 2.15. The monoisotopic (exact) mass is 253 g/mol. The van der Waals surface area contributed by atoms with E-state index in [9.17, 15) is 5.11 Å². The van der Waals surface area contributed by atoms with Gasteiger partial charge in [0, 0.05) is 17.6 Å². The van der Waals surface area contributed by atoms with Crippen LogP contribution in [0.2, 0.25) is 5.02 Å². The van der Waals surface area contributed by atoms with Crippen LogP contribution < -0.4 is 10.6 Å². The summed E-state index contributed by atoms with van der Waals surface area (Å²) in [5.74, 6) is 0.755. The smallest absolute Gasteiger partial charge is 0.191 e. The molecule has 0 fully saturated rings. The average Bonchev–Trinajstić information content (AvgIpc) is 2.73. The number of aliphatic hydroxyl groups excluding tert-OH is 1. The van der Waals surface area contributed by atoms with Crippen LogP contribution in [-0.4, -0.2) is 30.2 Å². The molecule has 0 spiro atoms. The Labute approximate surface area is 106 Å². The van der Waals surface area contributed by atoms with Crippen LogP contribution in [-0.2, 0) is 0 Å². The second-order valence-corrected chi connectivity index (χ2v) is 4.62. The van der Waals surface area contributed by atoms with Crippen molar-refractivity contribution in [1.29, 1.82) is 0 Å². The molecular weight excluding hydrogens is 238 g/mol. The first kappa shape index (κ1) is 12.2. The van der Waals surface area contributed by atoms with Gasteiger partial charge in [0.05, 0.1) is 12.6 Å². The summed E-state index contributed by atoms with van der Waals surface area (Å²) in [5.41, 5.74) is 0.841. The summed E-state index contributed by atoms with van der Waals surface area (Å²) in [6.45, 7) is 3.27. The number of guanidine groups is 1. The molecule has 2 atom stereocenters. The van der Waals surface area contributed by atoms with Gasteiger partial charge in [0.2, 0.25) is 0 Å². The number of nitrogens with zero attached hydrogens (tertiary/aromatic N) is 1. The van der Waals surface area contributed by atoms with E-state index in [0.29, 0.717) is 17.6 Å². The summed E-state index contributed by atoms with van der Waals surface area (Å²) in [6.07, 6.45) is -0.562. The zero-order chi connectivity index (χ0) is 12.3. The number of aliphatic hydroxyl groups is 1.